The summed E-state index contributed by atoms with van der Waals surface area (Å²) in [7, 11) is 0. The lowest BCUT2D eigenvalue weighted by Gasteiger charge is -2.32. The van der Waals surface area contributed by atoms with Gasteiger partial charge in [0.1, 0.15) is 6.10 Å². The Morgan fingerprint density at radius 3 is 1.43 bits per heavy atom. The molecule has 0 radical (unpaired) electrons. The van der Waals surface area contributed by atoms with Gasteiger partial charge in [-0.3, -0.25) is 24.0 Å². The molecule has 0 saturated heterocycles. The minimum atomic E-state index is -1.53. The molecule has 0 saturated carbocycles. The lowest BCUT2D eigenvalue weighted by atomic mass is 10.0. The number of esters is 4. The summed E-state index contributed by atoms with van der Waals surface area (Å²) >= 11 is 0. The number of hydrogen-bond acceptors (Lipinski definition) is 9. The molecule has 0 aliphatic rings. The summed E-state index contributed by atoms with van der Waals surface area (Å²) < 4.78 is 19.6. The largest absolute Gasteiger partial charge is 0.459 e. The second kappa shape index (κ2) is 9.54. The molecule has 0 fully saturated rings. The molecule has 130 valence electrons. The first-order valence-electron chi connectivity index (χ1n) is 6.72. The van der Waals surface area contributed by atoms with Gasteiger partial charge in [0.25, 0.3) is 0 Å². The van der Waals surface area contributed by atoms with E-state index in [1.54, 1.807) is 0 Å². The van der Waals surface area contributed by atoms with Gasteiger partial charge in [0, 0.05) is 27.7 Å². The molecule has 0 spiro atoms. The quantitative estimate of drug-likeness (QED) is 0.341. The van der Waals surface area contributed by atoms with Crippen molar-refractivity contribution in [2.75, 3.05) is 0 Å². The third-order valence-electron chi connectivity index (χ3n) is 2.50. The smallest absolute Gasteiger partial charge is 0.303 e. The number of carbonyl (C=O) groups excluding carboxylic acids is 5. The van der Waals surface area contributed by atoms with E-state index in [1.165, 1.54) is 6.92 Å². The predicted molar refractivity (Wildman–Crippen MR) is 74.0 cm³/mol. The molecule has 0 bridgehead atoms. The van der Waals surface area contributed by atoms with E-state index in [0.717, 1.165) is 27.7 Å². The van der Waals surface area contributed by atoms with E-state index in [4.69, 9.17) is 18.9 Å². The van der Waals surface area contributed by atoms with Crippen LogP contribution in [0.4, 0.5) is 0 Å². The Balaban J connectivity index is 5.62. The first-order chi connectivity index (χ1) is 10.6. The van der Waals surface area contributed by atoms with Gasteiger partial charge in [0.15, 0.2) is 24.6 Å². The Morgan fingerprint density at radius 1 is 0.696 bits per heavy atom. The van der Waals surface area contributed by atoms with Crippen molar-refractivity contribution >= 4 is 30.2 Å². The van der Waals surface area contributed by atoms with Crippen LogP contribution in [0.2, 0.25) is 0 Å². The highest BCUT2D eigenvalue weighted by molar-refractivity contribution is 5.72. The maximum atomic E-state index is 11.3. The van der Waals surface area contributed by atoms with Crippen LogP contribution in [0.25, 0.3) is 0 Å². The van der Waals surface area contributed by atoms with E-state index >= 15 is 0 Å². The molecule has 0 aromatic rings. The van der Waals surface area contributed by atoms with E-state index in [1.807, 2.05) is 0 Å². The van der Waals surface area contributed by atoms with Gasteiger partial charge < -0.3 is 18.9 Å². The molecular formula is C14H20O9. The Labute approximate surface area is 133 Å². The van der Waals surface area contributed by atoms with E-state index in [0.29, 0.717) is 0 Å². The van der Waals surface area contributed by atoms with Crippen LogP contribution in [-0.2, 0) is 42.9 Å². The molecule has 0 amide bonds. The summed E-state index contributed by atoms with van der Waals surface area (Å²) in [6.45, 7) is 5.70. The SMILES string of the molecule is CC(=O)O[C@H]([C@H](OC(C)=O)[C@@H](C)OC(C)=O)[C@H](C=O)OC(C)=O. The zero-order valence-electron chi connectivity index (χ0n) is 13.6. The molecule has 9 nitrogen and oxygen atoms in total. The van der Waals surface area contributed by atoms with Crippen molar-refractivity contribution < 1.29 is 42.9 Å². The molecule has 0 aliphatic carbocycles. The summed E-state index contributed by atoms with van der Waals surface area (Å²) in [4.78, 5) is 55.9. The normalized spacial score (nSPS) is 15.3. The second-order valence-corrected chi connectivity index (χ2v) is 4.67. The highest BCUT2D eigenvalue weighted by atomic mass is 16.6. The van der Waals surface area contributed by atoms with Crippen molar-refractivity contribution in [3.8, 4) is 0 Å². The van der Waals surface area contributed by atoms with Crippen LogP contribution in [0.15, 0.2) is 0 Å². The molecule has 9 heteroatoms. The van der Waals surface area contributed by atoms with Crippen molar-refractivity contribution in [3.63, 3.8) is 0 Å². The lowest BCUT2D eigenvalue weighted by Crippen LogP contribution is -2.51. The summed E-state index contributed by atoms with van der Waals surface area (Å²) in [5.74, 6) is -3.05. The van der Waals surface area contributed by atoms with E-state index in [2.05, 4.69) is 0 Å². The van der Waals surface area contributed by atoms with Gasteiger partial charge in [0.2, 0.25) is 0 Å². The number of aldehydes is 1. The van der Waals surface area contributed by atoms with Gasteiger partial charge in [-0.05, 0) is 6.92 Å². The monoisotopic (exact) mass is 332 g/mol. The van der Waals surface area contributed by atoms with Crippen molar-refractivity contribution in [2.45, 2.75) is 59.0 Å². The minimum absolute atomic E-state index is 0.228. The first kappa shape index (κ1) is 20.6. The predicted octanol–water partition coefficient (Wildman–Crippen LogP) is -0.0680. The summed E-state index contributed by atoms with van der Waals surface area (Å²) in [6.07, 6.45) is -5.16. The molecular weight excluding hydrogens is 312 g/mol. The van der Waals surface area contributed by atoms with Crippen LogP contribution in [-0.4, -0.2) is 54.6 Å². The van der Waals surface area contributed by atoms with Crippen LogP contribution in [0.5, 0.6) is 0 Å². The van der Waals surface area contributed by atoms with Gasteiger partial charge in [0.05, 0.1) is 0 Å². The van der Waals surface area contributed by atoms with Crippen molar-refractivity contribution in [1.82, 2.24) is 0 Å². The Morgan fingerprint density at radius 2 is 1.09 bits per heavy atom. The fraction of sp³-hybridized carbons (Fsp3) is 0.643. The Hall–Kier alpha value is -2.45. The van der Waals surface area contributed by atoms with Gasteiger partial charge in [-0.1, -0.05) is 0 Å². The summed E-state index contributed by atoms with van der Waals surface area (Å²) in [6, 6.07) is 0. The number of hydrogen-bond donors (Lipinski definition) is 0. The second-order valence-electron chi connectivity index (χ2n) is 4.67. The zero-order chi connectivity index (χ0) is 18.2. The van der Waals surface area contributed by atoms with Gasteiger partial charge in [-0.25, -0.2) is 0 Å². The molecule has 23 heavy (non-hydrogen) atoms. The number of ether oxygens (including phenoxy) is 4. The van der Waals surface area contributed by atoms with Crippen molar-refractivity contribution in [3.05, 3.63) is 0 Å². The highest BCUT2D eigenvalue weighted by Crippen LogP contribution is 2.18. The van der Waals surface area contributed by atoms with Gasteiger partial charge >= 0.3 is 23.9 Å². The number of carbonyl (C=O) groups is 5. The molecule has 0 N–H and O–H groups in total. The Kier molecular flexibility index (Phi) is 8.53. The van der Waals surface area contributed by atoms with E-state index < -0.39 is 48.3 Å². The van der Waals surface area contributed by atoms with Crippen LogP contribution in [0, 0.1) is 0 Å². The van der Waals surface area contributed by atoms with Crippen LogP contribution in [0.3, 0.4) is 0 Å². The average molecular weight is 332 g/mol. The molecule has 0 rings (SSSR count). The summed E-state index contributed by atoms with van der Waals surface area (Å²) in [5, 5.41) is 0. The van der Waals surface area contributed by atoms with Crippen molar-refractivity contribution in [2.24, 2.45) is 0 Å². The lowest BCUT2D eigenvalue weighted by molar-refractivity contribution is -0.195. The standard InChI is InChI=1S/C14H20O9/c1-7(20-8(2)16)13(22-10(4)18)14(23-11(5)19)12(6-15)21-9(3)17/h6-7,12-14H,1-5H3/t7-,12+,13-,14+/m1/s1. The maximum Gasteiger partial charge on any atom is 0.303 e. The molecule has 4 atom stereocenters. The first-order valence-corrected chi connectivity index (χ1v) is 6.72. The van der Waals surface area contributed by atoms with Crippen LogP contribution in [0.1, 0.15) is 34.6 Å². The molecule has 0 heterocycles. The topological polar surface area (TPSA) is 122 Å². The third kappa shape index (κ3) is 7.93. The van der Waals surface area contributed by atoms with E-state index in [-0.39, 0.29) is 6.29 Å². The fourth-order valence-electron chi connectivity index (χ4n) is 1.83. The van der Waals surface area contributed by atoms with Gasteiger partial charge in [-0.2, -0.15) is 0 Å². The summed E-state index contributed by atoms with van der Waals surface area (Å²) in [5.41, 5.74) is 0. The zero-order valence-corrected chi connectivity index (χ0v) is 13.6. The molecule has 0 aromatic carbocycles. The minimum Gasteiger partial charge on any atom is -0.459 e. The fourth-order valence-corrected chi connectivity index (χ4v) is 1.83. The van der Waals surface area contributed by atoms with E-state index in [9.17, 15) is 24.0 Å². The maximum absolute atomic E-state index is 11.3. The highest BCUT2D eigenvalue weighted by Gasteiger charge is 2.41. The number of rotatable bonds is 8. The van der Waals surface area contributed by atoms with Crippen LogP contribution >= 0.6 is 0 Å². The third-order valence-corrected chi connectivity index (χ3v) is 2.50. The van der Waals surface area contributed by atoms with Crippen molar-refractivity contribution in [1.29, 1.82) is 0 Å². The molecule has 0 unspecified atom stereocenters. The van der Waals surface area contributed by atoms with Crippen LogP contribution < -0.4 is 0 Å². The van der Waals surface area contributed by atoms with Gasteiger partial charge in [-0.15, -0.1) is 0 Å². The Bertz CT molecular complexity index is 471. The molecule has 0 aromatic heterocycles. The average Bonchev–Trinajstić information content (AvgIpc) is 2.38. The molecule has 0 aliphatic heterocycles.